The molecule has 1 fully saturated rings. The highest BCUT2D eigenvalue weighted by Gasteiger charge is 2.25. The summed E-state index contributed by atoms with van der Waals surface area (Å²) in [5.41, 5.74) is 1.70. The Labute approximate surface area is 210 Å². The minimum atomic E-state index is -0.845. The monoisotopic (exact) mass is 497 g/mol. The van der Waals surface area contributed by atoms with E-state index in [0.717, 1.165) is 43.3 Å². The van der Waals surface area contributed by atoms with Crippen LogP contribution in [-0.4, -0.2) is 53.3 Å². The van der Waals surface area contributed by atoms with Crippen LogP contribution in [0.3, 0.4) is 0 Å². The van der Waals surface area contributed by atoms with Gasteiger partial charge in [0.25, 0.3) is 0 Å². The first kappa shape index (κ1) is 25.5. The summed E-state index contributed by atoms with van der Waals surface area (Å²) < 4.78 is 34.4. The number of rotatable bonds is 11. The number of ether oxygens (including phenoxy) is 1. The van der Waals surface area contributed by atoms with E-state index in [4.69, 9.17) is 4.74 Å². The number of nitrogens with zero attached hydrogens (tertiary/aromatic N) is 4. The SMILES string of the molecule is CCOc1ccc(CN(CCCn2ccnc2)C(=O)NCC2CCN(c3ccc(F)c(F)c3)C2)cc1. The first-order valence-corrected chi connectivity index (χ1v) is 12.4. The van der Waals surface area contributed by atoms with Crippen LogP contribution in [0.1, 0.15) is 25.3 Å². The van der Waals surface area contributed by atoms with Gasteiger partial charge in [-0.05, 0) is 55.5 Å². The highest BCUT2D eigenvalue weighted by Crippen LogP contribution is 2.25. The molecule has 1 aromatic heterocycles. The van der Waals surface area contributed by atoms with Gasteiger partial charge in [0.15, 0.2) is 11.6 Å². The van der Waals surface area contributed by atoms with Crippen molar-refractivity contribution in [2.24, 2.45) is 5.92 Å². The molecule has 4 rings (SSSR count). The number of halogens is 2. The van der Waals surface area contributed by atoms with Crippen molar-refractivity contribution in [3.05, 3.63) is 78.4 Å². The van der Waals surface area contributed by atoms with Gasteiger partial charge in [0.05, 0.1) is 12.9 Å². The Balaban J connectivity index is 1.32. The number of nitrogens with one attached hydrogen (secondary N) is 1. The molecule has 1 atom stereocenters. The third kappa shape index (κ3) is 6.96. The number of aromatic nitrogens is 2. The van der Waals surface area contributed by atoms with Crippen molar-refractivity contribution < 1.29 is 18.3 Å². The highest BCUT2D eigenvalue weighted by molar-refractivity contribution is 5.74. The molecule has 1 aliphatic rings. The zero-order valence-corrected chi connectivity index (χ0v) is 20.6. The van der Waals surface area contributed by atoms with Crippen molar-refractivity contribution in [3.63, 3.8) is 0 Å². The molecule has 1 N–H and O–H groups in total. The number of hydrogen-bond donors (Lipinski definition) is 1. The molecule has 0 aliphatic carbocycles. The fourth-order valence-electron chi connectivity index (χ4n) is 4.45. The van der Waals surface area contributed by atoms with Crippen LogP contribution in [0.25, 0.3) is 0 Å². The summed E-state index contributed by atoms with van der Waals surface area (Å²) in [6.45, 7) is 6.38. The summed E-state index contributed by atoms with van der Waals surface area (Å²) in [5, 5.41) is 3.10. The van der Waals surface area contributed by atoms with Crippen LogP contribution in [0.2, 0.25) is 0 Å². The van der Waals surface area contributed by atoms with Gasteiger partial charge in [0, 0.05) is 63.4 Å². The van der Waals surface area contributed by atoms with Gasteiger partial charge < -0.3 is 24.4 Å². The molecule has 2 heterocycles. The molecule has 0 radical (unpaired) electrons. The number of benzene rings is 2. The standard InChI is InChI=1S/C27H33F2N5O2/c1-2-36-24-7-4-21(5-8-24)18-34(13-3-12-32-15-11-30-20-32)27(35)31-17-22-10-14-33(19-22)23-6-9-25(28)26(29)16-23/h4-9,11,15-16,20,22H,2-3,10,12-14,17-19H2,1H3,(H,31,35). The molecule has 9 heteroatoms. The average Bonchev–Trinajstić information content (AvgIpc) is 3.57. The maximum Gasteiger partial charge on any atom is 0.317 e. The maximum absolute atomic E-state index is 13.6. The van der Waals surface area contributed by atoms with Crippen molar-refractivity contribution in [1.29, 1.82) is 0 Å². The van der Waals surface area contributed by atoms with Gasteiger partial charge in [-0.2, -0.15) is 0 Å². The van der Waals surface area contributed by atoms with Crippen molar-refractivity contribution in [1.82, 2.24) is 19.8 Å². The minimum Gasteiger partial charge on any atom is -0.494 e. The minimum absolute atomic E-state index is 0.110. The van der Waals surface area contributed by atoms with Crippen LogP contribution < -0.4 is 15.0 Å². The molecule has 36 heavy (non-hydrogen) atoms. The fourth-order valence-corrected chi connectivity index (χ4v) is 4.45. The van der Waals surface area contributed by atoms with Gasteiger partial charge in [-0.15, -0.1) is 0 Å². The quantitative estimate of drug-likeness (QED) is 0.418. The lowest BCUT2D eigenvalue weighted by atomic mass is 10.1. The first-order valence-electron chi connectivity index (χ1n) is 12.4. The Morgan fingerprint density at radius 2 is 2.03 bits per heavy atom. The molecule has 1 saturated heterocycles. The molecule has 3 aromatic rings. The molecule has 192 valence electrons. The Bertz CT molecular complexity index is 1110. The summed E-state index contributed by atoms with van der Waals surface area (Å²) in [5.74, 6) is -0.642. The normalized spacial score (nSPS) is 15.2. The lowest BCUT2D eigenvalue weighted by Crippen LogP contribution is -2.42. The van der Waals surface area contributed by atoms with Crippen LogP contribution in [0, 0.1) is 17.6 Å². The van der Waals surface area contributed by atoms with Gasteiger partial charge in [-0.3, -0.25) is 0 Å². The van der Waals surface area contributed by atoms with Gasteiger partial charge in [0.2, 0.25) is 0 Å². The van der Waals surface area contributed by atoms with Gasteiger partial charge >= 0.3 is 6.03 Å². The zero-order valence-electron chi connectivity index (χ0n) is 20.6. The second kappa shape index (κ2) is 12.4. The van der Waals surface area contributed by atoms with Crippen LogP contribution in [0.15, 0.2) is 61.2 Å². The average molecular weight is 498 g/mol. The van der Waals surface area contributed by atoms with Crippen LogP contribution >= 0.6 is 0 Å². The summed E-state index contributed by atoms with van der Waals surface area (Å²) in [6, 6.07) is 11.7. The molecule has 1 unspecified atom stereocenters. The lowest BCUT2D eigenvalue weighted by molar-refractivity contribution is 0.192. The smallest absolute Gasteiger partial charge is 0.317 e. The van der Waals surface area contributed by atoms with E-state index in [0.29, 0.717) is 38.5 Å². The summed E-state index contributed by atoms with van der Waals surface area (Å²) >= 11 is 0. The van der Waals surface area contributed by atoms with E-state index >= 15 is 0 Å². The van der Waals surface area contributed by atoms with E-state index < -0.39 is 11.6 Å². The lowest BCUT2D eigenvalue weighted by Gasteiger charge is -2.25. The Morgan fingerprint density at radius 1 is 1.19 bits per heavy atom. The predicted molar refractivity (Wildman–Crippen MR) is 135 cm³/mol. The number of urea groups is 1. The molecule has 0 saturated carbocycles. The van der Waals surface area contributed by atoms with Crippen molar-refractivity contribution in [3.8, 4) is 5.75 Å². The van der Waals surface area contributed by atoms with E-state index in [-0.39, 0.29) is 11.9 Å². The first-order chi connectivity index (χ1) is 17.5. The summed E-state index contributed by atoms with van der Waals surface area (Å²) in [6.07, 6.45) is 7.11. The summed E-state index contributed by atoms with van der Waals surface area (Å²) in [7, 11) is 0. The topological polar surface area (TPSA) is 62.6 Å². The number of anilines is 1. The van der Waals surface area contributed by atoms with Crippen molar-refractivity contribution in [2.45, 2.75) is 32.9 Å². The van der Waals surface area contributed by atoms with E-state index in [1.165, 1.54) is 6.07 Å². The van der Waals surface area contributed by atoms with Crippen molar-refractivity contribution in [2.75, 3.05) is 37.7 Å². The zero-order chi connectivity index (χ0) is 25.3. The second-order valence-electron chi connectivity index (χ2n) is 9.04. The summed E-state index contributed by atoms with van der Waals surface area (Å²) in [4.78, 5) is 21.1. The molecule has 7 nitrogen and oxygen atoms in total. The molecule has 2 amide bonds. The Morgan fingerprint density at radius 3 is 2.75 bits per heavy atom. The molecule has 1 aliphatic heterocycles. The van der Waals surface area contributed by atoms with Crippen LogP contribution in [0.5, 0.6) is 5.75 Å². The van der Waals surface area contributed by atoms with E-state index in [2.05, 4.69) is 10.3 Å². The third-order valence-corrected chi connectivity index (χ3v) is 6.39. The predicted octanol–water partition coefficient (Wildman–Crippen LogP) is 4.69. The van der Waals surface area contributed by atoms with Gasteiger partial charge in [-0.1, -0.05) is 12.1 Å². The number of imidazole rings is 1. The van der Waals surface area contributed by atoms with Gasteiger partial charge in [-0.25, -0.2) is 18.6 Å². The Hall–Kier alpha value is -3.62. The maximum atomic E-state index is 13.6. The number of carbonyl (C=O) groups excluding carboxylic acids is 1. The number of hydrogen-bond acceptors (Lipinski definition) is 4. The molecule has 0 spiro atoms. The van der Waals surface area contributed by atoms with E-state index in [1.807, 2.05) is 51.8 Å². The fraction of sp³-hybridized carbons (Fsp3) is 0.407. The van der Waals surface area contributed by atoms with Crippen molar-refractivity contribution >= 4 is 11.7 Å². The largest absolute Gasteiger partial charge is 0.494 e. The third-order valence-electron chi connectivity index (χ3n) is 6.39. The number of aryl methyl sites for hydroxylation is 1. The van der Waals surface area contributed by atoms with E-state index in [9.17, 15) is 13.6 Å². The molecular formula is C27H33F2N5O2. The van der Waals surface area contributed by atoms with Gasteiger partial charge in [0.1, 0.15) is 5.75 Å². The van der Waals surface area contributed by atoms with E-state index in [1.54, 1.807) is 18.6 Å². The highest BCUT2D eigenvalue weighted by atomic mass is 19.2. The molecular weight excluding hydrogens is 464 g/mol. The van der Waals surface area contributed by atoms with Crippen LogP contribution in [0.4, 0.5) is 19.3 Å². The Kier molecular flexibility index (Phi) is 8.76. The molecule has 2 aromatic carbocycles. The molecule has 0 bridgehead atoms. The number of carbonyl (C=O) groups is 1. The number of amides is 2. The van der Waals surface area contributed by atoms with Crippen LogP contribution in [-0.2, 0) is 13.1 Å². The second-order valence-corrected chi connectivity index (χ2v) is 9.04.